The van der Waals surface area contributed by atoms with Gasteiger partial charge in [-0.3, -0.25) is 4.79 Å². The van der Waals surface area contributed by atoms with Crippen molar-refractivity contribution in [2.45, 2.75) is 25.3 Å². The van der Waals surface area contributed by atoms with Crippen molar-refractivity contribution in [2.75, 3.05) is 12.4 Å². The summed E-state index contributed by atoms with van der Waals surface area (Å²) in [7, 11) is 0. The SMILES string of the molecule is N#CCCN(C(=O)CCl)C1CC1. The first-order valence-electron chi connectivity index (χ1n) is 4.02. The van der Waals surface area contributed by atoms with Gasteiger partial charge in [0.2, 0.25) is 5.91 Å². The van der Waals surface area contributed by atoms with Crippen LogP contribution in [0.2, 0.25) is 0 Å². The standard InChI is InChI=1S/C8H11ClN2O/c9-6-8(12)11(5-1-4-10)7-2-3-7/h7H,1-3,5-6H2. The van der Waals surface area contributed by atoms with Gasteiger partial charge < -0.3 is 4.90 Å². The van der Waals surface area contributed by atoms with Gasteiger partial charge in [0, 0.05) is 12.6 Å². The Bertz CT molecular complexity index is 208. The smallest absolute Gasteiger partial charge is 0.237 e. The first kappa shape index (κ1) is 9.34. The van der Waals surface area contributed by atoms with Crippen LogP contribution in [0.25, 0.3) is 0 Å². The van der Waals surface area contributed by atoms with Crippen LogP contribution in [0.5, 0.6) is 0 Å². The molecule has 3 nitrogen and oxygen atoms in total. The van der Waals surface area contributed by atoms with Gasteiger partial charge in [-0.1, -0.05) is 0 Å². The molecule has 4 heteroatoms. The summed E-state index contributed by atoms with van der Waals surface area (Å²) in [4.78, 5) is 12.9. The van der Waals surface area contributed by atoms with Crippen LogP contribution in [0.15, 0.2) is 0 Å². The minimum absolute atomic E-state index is 0.0297. The minimum atomic E-state index is -0.0468. The summed E-state index contributed by atoms with van der Waals surface area (Å²) in [5, 5.41) is 8.35. The third-order valence-electron chi connectivity index (χ3n) is 1.89. The number of rotatable bonds is 4. The quantitative estimate of drug-likeness (QED) is 0.618. The summed E-state index contributed by atoms with van der Waals surface area (Å²) in [6.07, 6.45) is 2.53. The second-order valence-electron chi connectivity index (χ2n) is 2.86. The van der Waals surface area contributed by atoms with E-state index in [0.29, 0.717) is 19.0 Å². The zero-order valence-electron chi connectivity index (χ0n) is 6.79. The van der Waals surface area contributed by atoms with Gasteiger partial charge in [-0.2, -0.15) is 5.26 Å². The van der Waals surface area contributed by atoms with Crippen molar-refractivity contribution in [1.29, 1.82) is 5.26 Å². The summed E-state index contributed by atoms with van der Waals surface area (Å²) < 4.78 is 0. The number of carbonyl (C=O) groups excluding carboxylic acids is 1. The van der Waals surface area contributed by atoms with Gasteiger partial charge in [0.15, 0.2) is 0 Å². The van der Waals surface area contributed by atoms with Crippen molar-refractivity contribution < 1.29 is 4.79 Å². The van der Waals surface area contributed by atoms with Crippen LogP contribution in [0.3, 0.4) is 0 Å². The Morgan fingerprint density at radius 2 is 2.33 bits per heavy atom. The van der Waals surface area contributed by atoms with Gasteiger partial charge in [0.25, 0.3) is 0 Å². The van der Waals surface area contributed by atoms with E-state index >= 15 is 0 Å². The molecule has 1 aliphatic carbocycles. The Kier molecular flexibility index (Phi) is 3.36. The number of amides is 1. The van der Waals surface area contributed by atoms with Crippen molar-refractivity contribution >= 4 is 17.5 Å². The summed E-state index contributed by atoms with van der Waals surface area (Å²) >= 11 is 5.42. The van der Waals surface area contributed by atoms with Gasteiger partial charge >= 0.3 is 0 Å². The highest BCUT2D eigenvalue weighted by atomic mass is 35.5. The Balaban J connectivity index is 2.38. The van der Waals surface area contributed by atoms with Gasteiger partial charge in [0.05, 0.1) is 12.5 Å². The maximum atomic E-state index is 11.2. The fraction of sp³-hybridized carbons (Fsp3) is 0.750. The Morgan fingerprint density at radius 3 is 2.75 bits per heavy atom. The Hall–Kier alpha value is -0.750. The topological polar surface area (TPSA) is 44.1 Å². The minimum Gasteiger partial charge on any atom is -0.338 e. The number of nitrogens with zero attached hydrogens (tertiary/aromatic N) is 2. The number of hydrogen-bond donors (Lipinski definition) is 0. The van der Waals surface area contributed by atoms with Gasteiger partial charge in [-0.15, -0.1) is 11.6 Å². The van der Waals surface area contributed by atoms with Crippen molar-refractivity contribution in [3.8, 4) is 6.07 Å². The first-order chi connectivity index (χ1) is 5.79. The maximum Gasteiger partial charge on any atom is 0.237 e. The molecule has 0 bridgehead atoms. The molecule has 0 aliphatic heterocycles. The molecule has 0 aromatic rings. The van der Waals surface area contributed by atoms with Gasteiger partial charge in [-0.05, 0) is 12.8 Å². The number of alkyl halides is 1. The van der Waals surface area contributed by atoms with E-state index in [2.05, 4.69) is 0 Å². The molecule has 0 radical (unpaired) electrons. The normalized spacial score (nSPS) is 15.3. The average Bonchev–Trinajstić information content (AvgIpc) is 2.88. The fourth-order valence-corrected chi connectivity index (χ4v) is 1.30. The lowest BCUT2D eigenvalue weighted by molar-refractivity contribution is -0.129. The third kappa shape index (κ3) is 2.38. The van der Waals surface area contributed by atoms with E-state index < -0.39 is 0 Å². The lowest BCUT2D eigenvalue weighted by atomic mass is 10.4. The number of hydrogen-bond acceptors (Lipinski definition) is 2. The number of nitriles is 1. The van der Waals surface area contributed by atoms with Crippen LogP contribution in [0.1, 0.15) is 19.3 Å². The van der Waals surface area contributed by atoms with Crippen LogP contribution in [0.4, 0.5) is 0 Å². The molecule has 0 aromatic heterocycles. The molecular weight excluding hydrogens is 176 g/mol. The molecule has 1 saturated carbocycles. The Morgan fingerprint density at radius 1 is 1.67 bits per heavy atom. The average molecular weight is 187 g/mol. The molecule has 1 amide bonds. The predicted molar refractivity (Wildman–Crippen MR) is 45.7 cm³/mol. The van der Waals surface area contributed by atoms with Crippen LogP contribution in [0, 0.1) is 11.3 Å². The monoisotopic (exact) mass is 186 g/mol. The summed E-state index contributed by atoms with van der Waals surface area (Å²) in [5.74, 6) is -0.0171. The zero-order chi connectivity index (χ0) is 8.97. The molecule has 0 heterocycles. The summed E-state index contributed by atoms with van der Waals surface area (Å²) in [6.45, 7) is 0.534. The summed E-state index contributed by atoms with van der Waals surface area (Å²) in [5.41, 5.74) is 0. The second-order valence-corrected chi connectivity index (χ2v) is 3.13. The van der Waals surface area contributed by atoms with Gasteiger partial charge in [0.1, 0.15) is 5.88 Å². The van der Waals surface area contributed by atoms with E-state index in [4.69, 9.17) is 16.9 Å². The van der Waals surface area contributed by atoms with E-state index in [1.54, 1.807) is 4.90 Å². The molecule has 0 spiro atoms. The fourth-order valence-electron chi connectivity index (χ4n) is 1.14. The first-order valence-corrected chi connectivity index (χ1v) is 4.55. The van der Waals surface area contributed by atoms with Gasteiger partial charge in [-0.25, -0.2) is 0 Å². The molecule has 0 atom stereocenters. The second kappa shape index (κ2) is 4.32. The number of carbonyl (C=O) groups is 1. The van der Waals surface area contributed by atoms with E-state index in [-0.39, 0.29) is 11.8 Å². The highest BCUT2D eigenvalue weighted by molar-refractivity contribution is 6.27. The van der Waals surface area contributed by atoms with E-state index in [9.17, 15) is 4.79 Å². The third-order valence-corrected chi connectivity index (χ3v) is 2.12. The molecule has 1 fully saturated rings. The molecule has 1 aliphatic rings. The molecule has 0 N–H and O–H groups in total. The molecule has 12 heavy (non-hydrogen) atoms. The van der Waals surface area contributed by atoms with Crippen LogP contribution >= 0.6 is 11.6 Å². The molecule has 0 aromatic carbocycles. The van der Waals surface area contributed by atoms with Crippen LogP contribution in [-0.4, -0.2) is 29.3 Å². The van der Waals surface area contributed by atoms with Crippen LogP contribution in [-0.2, 0) is 4.79 Å². The number of halogens is 1. The largest absolute Gasteiger partial charge is 0.338 e. The molecule has 1 rings (SSSR count). The van der Waals surface area contributed by atoms with Crippen LogP contribution < -0.4 is 0 Å². The van der Waals surface area contributed by atoms with Crippen molar-refractivity contribution in [2.24, 2.45) is 0 Å². The van der Waals surface area contributed by atoms with Crippen molar-refractivity contribution in [3.63, 3.8) is 0 Å². The lowest BCUT2D eigenvalue weighted by Crippen LogP contribution is -2.34. The van der Waals surface area contributed by atoms with Crippen molar-refractivity contribution in [1.82, 2.24) is 4.90 Å². The molecule has 66 valence electrons. The van der Waals surface area contributed by atoms with E-state index in [1.165, 1.54) is 0 Å². The highest BCUT2D eigenvalue weighted by Crippen LogP contribution is 2.26. The molecule has 0 saturated heterocycles. The molecular formula is C8H11ClN2O. The lowest BCUT2D eigenvalue weighted by Gasteiger charge is -2.19. The Labute approximate surface area is 76.9 Å². The highest BCUT2D eigenvalue weighted by Gasteiger charge is 2.31. The van der Waals surface area contributed by atoms with Crippen molar-refractivity contribution in [3.05, 3.63) is 0 Å². The maximum absolute atomic E-state index is 11.2. The summed E-state index contributed by atoms with van der Waals surface area (Å²) in [6, 6.07) is 2.39. The van der Waals surface area contributed by atoms with E-state index in [1.807, 2.05) is 6.07 Å². The predicted octanol–water partition coefficient (Wildman–Crippen LogP) is 1.13. The zero-order valence-corrected chi connectivity index (χ0v) is 7.55. The molecule has 0 unspecified atom stereocenters. The van der Waals surface area contributed by atoms with E-state index in [0.717, 1.165) is 12.8 Å².